The average molecular weight is 161 g/mol. The average Bonchev–Trinajstić information content (AvgIpc) is 2.11. The van der Waals surface area contributed by atoms with Crippen LogP contribution in [0.5, 0.6) is 0 Å². The first-order chi connectivity index (χ1) is 4.63. The minimum absolute atomic E-state index is 0.0644. The quantitative estimate of drug-likeness (QED) is 0.555. The maximum atomic E-state index is 10.5. The molecule has 1 aliphatic heterocycles. The summed E-state index contributed by atoms with van der Waals surface area (Å²) >= 11 is 0.698. The van der Waals surface area contributed by atoms with E-state index in [-0.39, 0.29) is 10.7 Å². The number of nitrogens with zero attached hydrogens (tertiary/aromatic N) is 1. The predicted molar refractivity (Wildman–Crippen MR) is 32.7 cm³/mol. The van der Waals surface area contributed by atoms with Gasteiger partial charge in [0.05, 0.1) is 5.75 Å². The van der Waals surface area contributed by atoms with Gasteiger partial charge in [0.15, 0.2) is 0 Å². The molecule has 0 aromatic rings. The molecule has 1 N–H and O–H groups in total. The highest BCUT2D eigenvalue weighted by Gasteiger charge is 2.35. The number of carboxylic acid groups (broad SMARTS) is 1. The Morgan fingerprint density at radius 3 is 2.40 bits per heavy atom. The molecule has 0 saturated carbocycles. The van der Waals surface area contributed by atoms with E-state index >= 15 is 0 Å². The summed E-state index contributed by atoms with van der Waals surface area (Å²) in [5, 5.41) is 7.51. The van der Waals surface area contributed by atoms with Crippen molar-refractivity contribution in [3.8, 4) is 0 Å². The third kappa shape index (κ3) is 0.971. The SMILES string of the molecule is O=C(O)N1C(=O)CSC1=O. The molecule has 0 aliphatic carbocycles. The molecule has 0 aromatic heterocycles. The van der Waals surface area contributed by atoms with Gasteiger partial charge in [0.1, 0.15) is 0 Å². The first kappa shape index (κ1) is 7.07. The molecule has 0 radical (unpaired) electrons. The molecule has 1 heterocycles. The number of amides is 3. The summed E-state index contributed by atoms with van der Waals surface area (Å²) in [6.07, 6.45) is -1.50. The lowest BCUT2D eigenvalue weighted by atomic mass is 10.6. The second-order valence-corrected chi connectivity index (χ2v) is 2.49. The van der Waals surface area contributed by atoms with Crippen LogP contribution in [0.1, 0.15) is 0 Å². The maximum Gasteiger partial charge on any atom is 0.421 e. The van der Waals surface area contributed by atoms with Gasteiger partial charge in [-0.15, -0.1) is 0 Å². The molecule has 1 aliphatic rings. The van der Waals surface area contributed by atoms with E-state index in [0.29, 0.717) is 11.8 Å². The highest BCUT2D eigenvalue weighted by atomic mass is 32.2. The van der Waals surface area contributed by atoms with Gasteiger partial charge in [-0.3, -0.25) is 9.59 Å². The van der Waals surface area contributed by atoms with E-state index in [0.717, 1.165) is 0 Å². The fraction of sp³-hybridized carbons (Fsp3) is 0.250. The summed E-state index contributed by atoms with van der Waals surface area (Å²) in [4.78, 5) is 31.3. The molecule has 1 fully saturated rings. The second kappa shape index (κ2) is 2.30. The van der Waals surface area contributed by atoms with Crippen LogP contribution in [0, 0.1) is 0 Å². The van der Waals surface area contributed by atoms with Gasteiger partial charge in [0, 0.05) is 0 Å². The first-order valence-electron chi connectivity index (χ1n) is 2.35. The molecule has 0 aromatic carbocycles. The van der Waals surface area contributed by atoms with Crippen molar-refractivity contribution < 1.29 is 19.5 Å². The Morgan fingerprint density at radius 2 is 2.20 bits per heavy atom. The second-order valence-electron chi connectivity index (χ2n) is 1.57. The maximum absolute atomic E-state index is 10.5. The number of imide groups is 3. The Hall–Kier alpha value is -1.04. The van der Waals surface area contributed by atoms with Gasteiger partial charge in [-0.1, -0.05) is 11.8 Å². The lowest BCUT2D eigenvalue weighted by Crippen LogP contribution is -2.33. The van der Waals surface area contributed by atoms with Crippen LogP contribution in [-0.2, 0) is 4.79 Å². The van der Waals surface area contributed by atoms with Crippen LogP contribution in [0.3, 0.4) is 0 Å². The first-order valence-corrected chi connectivity index (χ1v) is 3.34. The number of rotatable bonds is 0. The van der Waals surface area contributed by atoms with Crippen molar-refractivity contribution in [1.82, 2.24) is 4.90 Å². The highest BCUT2D eigenvalue weighted by Crippen LogP contribution is 2.18. The van der Waals surface area contributed by atoms with Crippen LogP contribution in [-0.4, -0.2) is 33.0 Å². The van der Waals surface area contributed by atoms with Crippen LogP contribution in [0.4, 0.5) is 9.59 Å². The van der Waals surface area contributed by atoms with Crippen LogP contribution in [0.15, 0.2) is 0 Å². The van der Waals surface area contributed by atoms with E-state index in [1.165, 1.54) is 0 Å². The zero-order valence-electron chi connectivity index (χ0n) is 4.73. The van der Waals surface area contributed by atoms with Crippen molar-refractivity contribution in [3.05, 3.63) is 0 Å². The highest BCUT2D eigenvalue weighted by molar-refractivity contribution is 8.14. The third-order valence-corrected chi connectivity index (χ3v) is 1.76. The van der Waals surface area contributed by atoms with Crippen molar-refractivity contribution in [2.24, 2.45) is 0 Å². The van der Waals surface area contributed by atoms with E-state index in [4.69, 9.17) is 5.11 Å². The van der Waals surface area contributed by atoms with E-state index in [1.807, 2.05) is 0 Å². The summed E-state index contributed by atoms with van der Waals surface area (Å²) < 4.78 is 0. The normalized spacial score (nSPS) is 18.2. The van der Waals surface area contributed by atoms with Gasteiger partial charge in [0.2, 0.25) is 5.91 Å². The number of thioether (sulfide) groups is 1. The van der Waals surface area contributed by atoms with E-state index in [2.05, 4.69) is 0 Å². The smallest absolute Gasteiger partial charge is 0.421 e. The number of carbonyl (C=O) groups is 3. The third-order valence-electron chi connectivity index (χ3n) is 0.942. The minimum atomic E-state index is -1.50. The van der Waals surface area contributed by atoms with E-state index < -0.39 is 17.2 Å². The van der Waals surface area contributed by atoms with Gasteiger partial charge >= 0.3 is 6.09 Å². The van der Waals surface area contributed by atoms with Crippen LogP contribution in [0.25, 0.3) is 0 Å². The molecule has 1 saturated heterocycles. The molecule has 6 heteroatoms. The monoisotopic (exact) mass is 161 g/mol. The fourth-order valence-corrected chi connectivity index (χ4v) is 1.22. The number of hydrogen-bond acceptors (Lipinski definition) is 4. The molecule has 1 rings (SSSR count). The molecular weight excluding hydrogens is 158 g/mol. The van der Waals surface area contributed by atoms with Gasteiger partial charge in [-0.05, 0) is 0 Å². The number of hydrogen-bond donors (Lipinski definition) is 1. The Labute approximate surface area is 60.0 Å². The molecule has 0 atom stereocenters. The molecule has 0 spiro atoms. The lowest BCUT2D eigenvalue weighted by Gasteiger charge is -2.02. The summed E-state index contributed by atoms with van der Waals surface area (Å²) in [5.41, 5.74) is 0. The zero-order chi connectivity index (χ0) is 7.72. The summed E-state index contributed by atoms with van der Waals surface area (Å²) in [6.45, 7) is 0. The molecule has 54 valence electrons. The Morgan fingerprint density at radius 1 is 1.60 bits per heavy atom. The summed E-state index contributed by atoms with van der Waals surface area (Å²) in [6, 6.07) is 0. The molecule has 0 unspecified atom stereocenters. The summed E-state index contributed by atoms with van der Waals surface area (Å²) in [7, 11) is 0. The summed E-state index contributed by atoms with van der Waals surface area (Å²) in [5.74, 6) is -0.729. The largest absolute Gasteiger partial charge is 0.464 e. The Kier molecular flexibility index (Phi) is 1.62. The molecule has 0 bridgehead atoms. The van der Waals surface area contributed by atoms with Crippen LogP contribution < -0.4 is 0 Å². The standard InChI is InChI=1S/C4H3NO4S/c6-2-1-10-4(9)5(2)3(7)8/h1H2,(H,7,8). The fourth-order valence-electron chi connectivity index (χ4n) is 0.539. The molecule has 10 heavy (non-hydrogen) atoms. The molecule has 5 nitrogen and oxygen atoms in total. The lowest BCUT2D eigenvalue weighted by molar-refractivity contribution is -0.123. The van der Waals surface area contributed by atoms with Crippen molar-refractivity contribution in [2.45, 2.75) is 0 Å². The van der Waals surface area contributed by atoms with Crippen LogP contribution in [0.2, 0.25) is 0 Å². The van der Waals surface area contributed by atoms with E-state index in [1.54, 1.807) is 0 Å². The zero-order valence-corrected chi connectivity index (χ0v) is 5.55. The Bertz CT molecular complexity index is 197. The van der Waals surface area contributed by atoms with E-state index in [9.17, 15) is 14.4 Å². The molecular formula is C4H3NO4S. The van der Waals surface area contributed by atoms with Gasteiger partial charge in [-0.25, -0.2) is 4.79 Å². The van der Waals surface area contributed by atoms with Crippen LogP contribution >= 0.6 is 11.8 Å². The Balaban J connectivity index is 2.82. The predicted octanol–water partition coefficient (Wildman–Crippen LogP) is 0.360. The van der Waals surface area contributed by atoms with Gasteiger partial charge < -0.3 is 5.11 Å². The van der Waals surface area contributed by atoms with Crippen molar-refractivity contribution in [3.63, 3.8) is 0 Å². The minimum Gasteiger partial charge on any atom is -0.464 e. The number of carbonyl (C=O) groups excluding carboxylic acids is 2. The van der Waals surface area contributed by atoms with Crippen molar-refractivity contribution in [1.29, 1.82) is 0 Å². The van der Waals surface area contributed by atoms with Gasteiger partial charge in [0.25, 0.3) is 5.24 Å². The van der Waals surface area contributed by atoms with Gasteiger partial charge in [-0.2, -0.15) is 4.90 Å². The topological polar surface area (TPSA) is 74.7 Å². The van der Waals surface area contributed by atoms with Crippen molar-refractivity contribution in [2.75, 3.05) is 5.75 Å². The molecule has 3 amide bonds. The van der Waals surface area contributed by atoms with Crippen molar-refractivity contribution >= 4 is 29.0 Å².